The highest BCUT2D eigenvalue weighted by Crippen LogP contribution is 2.40. The molecule has 0 radical (unpaired) electrons. The zero-order valence-corrected chi connectivity index (χ0v) is 23.2. The van der Waals surface area contributed by atoms with Crippen LogP contribution >= 0.6 is 46.3 Å². The number of amides is 1. The van der Waals surface area contributed by atoms with Crippen molar-refractivity contribution >= 4 is 63.2 Å². The van der Waals surface area contributed by atoms with Gasteiger partial charge in [0.1, 0.15) is 17.4 Å². The smallest absolute Gasteiger partial charge is 0.341 e. The number of nitrogens with zero attached hydrogens (tertiary/aromatic N) is 3. The van der Waals surface area contributed by atoms with Crippen molar-refractivity contribution in [2.45, 2.75) is 51.4 Å². The summed E-state index contributed by atoms with van der Waals surface area (Å²) in [6.07, 6.45) is 2.73. The number of aromatic nitrogens is 3. The largest absolute Gasteiger partial charge is 0.484 e. The molecule has 2 heterocycles. The van der Waals surface area contributed by atoms with Crippen molar-refractivity contribution in [3.8, 4) is 5.75 Å². The van der Waals surface area contributed by atoms with Gasteiger partial charge >= 0.3 is 5.97 Å². The molecule has 1 amide bonds. The Morgan fingerprint density at radius 1 is 1.31 bits per heavy atom. The summed E-state index contributed by atoms with van der Waals surface area (Å²) in [5.41, 5.74) is 1.49. The van der Waals surface area contributed by atoms with Crippen LogP contribution in [0.3, 0.4) is 0 Å². The molecule has 3 aromatic rings. The van der Waals surface area contributed by atoms with Crippen molar-refractivity contribution in [3.63, 3.8) is 0 Å². The Hall–Kier alpha value is -2.27. The number of fused-ring (bicyclic) bond motifs is 1. The van der Waals surface area contributed by atoms with Gasteiger partial charge in [-0.15, -0.1) is 21.5 Å². The molecule has 1 atom stereocenters. The zero-order valence-electron chi connectivity index (χ0n) is 20.1. The maximum absolute atomic E-state index is 12.8. The minimum atomic E-state index is -0.416. The van der Waals surface area contributed by atoms with Crippen molar-refractivity contribution in [1.29, 1.82) is 0 Å². The van der Waals surface area contributed by atoms with E-state index in [1.165, 1.54) is 30.2 Å². The number of esters is 1. The molecule has 1 N–H and O–H groups in total. The second-order valence-electron chi connectivity index (χ2n) is 8.39. The molecule has 1 aliphatic rings. The Morgan fingerprint density at radius 3 is 2.86 bits per heavy atom. The fourth-order valence-corrected chi connectivity index (χ4v) is 6.60. The first-order valence-electron chi connectivity index (χ1n) is 11.5. The summed E-state index contributed by atoms with van der Waals surface area (Å²) in [5, 5.41) is 13.5. The first-order chi connectivity index (χ1) is 17.3. The Labute approximate surface area is 227 Å². The molecule has 12 heteroatoms. The summed E-state index contributed by atoms with van der Waals surface area (Å²) in [6, 6.07) is 4.99. The van der Waals surface area contributed by atoms with Crippen LogP contribution in [0.25, 0.3) is 0 Å². The number of methoxy groups -OCH3 is 1. The molecule has 1 aromatic carbocycles. The van der Waals surface area contributed by atoms with Gasteiger partial charge in [0, 0.05) is 22.5 Å². The number of nitrogens with one attached hydrogen (secondary N) is 1. The topological polar surface area (TPSA) is 95.3 Å². The number of halogens is 2. The van der Waals surface area contributed by atoms with Crippen molar-refractivity contribution in [2.75, 3.05) is 18.2 Å². The van der Waals surface area contributed by atoms with Crippen LogP contribution < -0.4 is 10.1 Å². The van der Waals surface area contributed by atoms with E-state index in [1.54, 1.807) is 18.2 Å². The lowest BCUT2D eigenvalue weighted by molar-refractivity contribution is -0.113. The van der Waals surface area contributed by atoms with E-state index in [2.05, 4.69) is 22.4 Å². The Morgan fingerprint density at radius 2 is 2.11 bits per heavy atom. The number of hydrogen-bond donors (Lipinski definition) is 1. The van der Waals surface area contributed by atoms with Crippen molar-refractivity contribution in [3.05, 3.63) is 50.1 Å². The van der Waals surface area contributed by atoms with Gasteiger partial charge < -0.3 is 19.4 Å². The lowest BCUT2D eigenvalue weighted by atomic mass is 9.88. The van der Waals surface area contributed by atoms with Gasteiger partial charge in [-0.25, -0.2) is 4.79 Å². The van der Waals surface area contributed by atoms with Crippen LogP contribution in [-0.4, -0.2) is 39.5 Å². The predicted octanol–water partition coefficient (Wildman–Crippen LogP) is 5.89. The van der Waals surface area contributed by atoms with Crippen LogP contribution in [0.5, 0.6) is 5.75 Å². The number of rotatable bonds is 9. The van der Waals surface area contributed by atoms with Crippen LogP contribution in [0.2, 0.25) is 10.0 Å². The highest BCUT2D eigenvalue weighted by Gasteiger charge is 2.29. The van der Waals surface area contributed by atoms with Gasteiger partial charge in [0.25, 0.3) is 0 Å². The average molecular weight is 570 g/mol. The summed E-state index contributed by atoms with van der Waals surface area (Å²) in [5.74, 6) is 1.07. The summed E-state index contributed by atoms with van der Waals surface area (Å²) < 4.78 is 12.7. The summed E-state index contributed by atoms with van der Waals surface area (Å²) in [7, 11) is 1.36. The van der Waals surface area contributed by atoms with Gasteiger partial charge in [-0.2, -0.15) is 0 Å². The Bertz CT molecular complexity index is 1280. The van der Waals surface area contributed by atoms with E-state index in [1.807, 2.05) is 11.5 Å². The molecule has 0 spiro atoms. The van der Waals surface area contributed by atoms with Crippen molar-refractivity contribution in [2.24, 2.45) is 5.92 Å². The zero-order chi connectivity index (χ0) is 25.8. The highest BCUT2D eigenvalue weighted by molar-refractivity contribution is 7.99. The number of benzene rings is 1. The first-order valence-corrected chi connectivity index (χ1v) is 14.0. The van der Waals surface area contributed by atoms with E-state index in [0.29, 0.717) is 49.8 Å². The third kappa shape index (κ3) is 5.99. The van der Waals surface area contributed by atoms with Crippen molar-refractivity contribution < 1.29 is 19.1 Å². The second-order valence-corrected chi connectivity index (χ2v) is 11.3. The molecule has 2 aromatic heterocycles. The summed E-state index contributed by atoms with van der Waals surface area (Å²) in [4.78, 5) is 26.5. The van der Waals surface area contributed by atoms with Gasteiger partial charge in [-0.05, 0) is 49.8 Å². The standard InChI is InChI=1S/C24H26Cl2N4O4S2/c1-4-30-19(11-34-17-10-14(25)6-8-16(17)26)28-29-24(30)35-12-20(31)27-22-21(23(32)33-3)15-7-5-13(2)9-18(15)36-22/h6,8,10,13H,4-5,7,9,11-12H2,1-3H3,(H,27,31). The minimum Gasteiger partial charge on any atom is -0.484 e. The van der Waals surface area contributed by atoms with Gasteiger partial charge in [0.2, 0.25) is 5.91 Å². The molecule has 0 fully saturated rings. The van der Waals surface area contributed by atoms with Crippen LogP contribution in [0.4, 0.5) is 5.00 Å². The van der Waals surface area contributed by atoms with E-state index in [9.17, 15) is 9.59 Å². The average Bonchev–Trinajstić information content (AvgIpc) is 3.42. The van der Waals surface area contributed by atoms with Crippen LogP contribution in [0, 0.1) is 5.92 Å². The Balaban J connectivity index is 1.41. The lowest BCUT2D eigenvalue weighted by Crippen LogP contribution is -2.17. The fraction of sp³-hybridized carbons (Fsp3) is 0.417. The number of carbonyl (C=O) groups is 2. The normalized spacial score (nSPS) is 14.9. The number of thioether (sulfide) groups is 1. The van der Waals surface area contributed by atoms with E-state index < -0.39 is 5.97 Å². The molecule has 4 rings (SSSR count). The van der Waals surface area contributed by atoms with Crippen LogP contribution in [-0.2, 0) is 35.5 Å². The van der Waals surface area contributed by atoms with E-state index in [0.717, 1.165) is 29.7 Å². The lowest BCUT2D eigenvalue weighted by Gasteiger charge is -2.18. The summed E-state index contributed by atoms with van der Waals surface area (Å²) in [6.45, 7) is 4.90. The molecule has 36 heavy (non-hydrogen) atoms. The molecule has 8 nitrogen and oxygen atoms in total. The molecule has 0 aliphatic heterocycles. The maximum atomic E-state index is 12.8. The number of ether oxygens (including phenoxy) is 2. The first kappa shape index (κ1) is 26.8. The quantitative estimate of drug-likeness (QED) is 0.254. The molecule has 0 bridgehead atoms. The minimum absolute atomic E-state index is 0.110. The van der Waals surface area contributed by atoms with Gasteiger partial charge in [-0.1, -0.05) is 41.9 Å². The van der Waals surface area contributed by atoms with E-state index in [-0.39, 0.29) is 18.3 Å². The van der Waals surface area contributed by atoms with E-state index >= 15 is 0 Å². The molecule has 0 saturated heterocycles. The molecular formula is C24H26Cl2N4O4S2. The molecule has 192 valence electrons. The SMILES string of the molecule is CCn1c(COc2cc(Cl)ccc2Cl)nnc1SCC(=O)Nc1sc2c(c1C(=O)OC)CCC(C)C2. The van der Waals surface area contributed by atoms with Crippen LogP contribution in [0.1, 0.15) is 46.9 Å². The van der Waals surface area contributed by atoms with Crippen molar-refractivity contribution in [1.82, 2.24) is 14.8 Å². The van der Waals surface area contributed by atoms with Gasteiger partial charge in [-0.3, -0.25) is 4.79 Å². The highest BCUT2D eigenvalue weighted by atomic mass is 35.5. The number of hydrogen-bond acceptors (Lipinski definition) is 8. The van der Waals surface area contributed by atoms with Crippen LogP contribution in [0.15, 0.2) is 23.4 Å². The number of thiophene rings is 1. The number of carbonyl (C=O) groups excluding carboxylic acids is 2. The molecule has 0 saturated carbocycles. The van der Waals surface area contributed by atoms with Gasteiger partial charge in [0.15, 0.2) is 11.0 Å². The monoisotopic (exact) mass is 568 g/mol. The Kier molecular flexibility index (Phi) is 8.82. The predicted molar refractivity (Wildman–Crippen MR) is 143 cm³/mol. The number of anilines is 1. The second kappa shape index (κ2) is 11.9. The molecular weight excluding hydrogens is 543 g/mol. The van der Waals surface area contributed by atoms with Gasteiger partial charge in [0.05, 0.1) is 23.4 Å². The van der Waals surface area contributed by atoms with E-state index in [4.69, 9.17) is 32.7 Å². The molecule has 1 aliphatic carbocycles. The fourth-order valence-electron chi connectivity index (χ4n) is 4.03. The third-order valence-electron chi connectivity index (χ3n) is 5.85. The maximum Gasteiger partial charge on any atom is 0.341 e. The third-order valence-corrected chi connectivity index (χ3v) is 8.53. The summed E-state index contributed by atoms with van der Waals surface area (Å²) >= 11 is 14.9. The molecule has 1 unspecified atom stereocenters.